The molecule has 0 bridgehead atoms. The Hall–Kier alpha value is -4.72. The number of H-pyrrole nitrogens is 1. The van der Waals surface area contributed by atoms with Gasteiger partial charge in [0.25, 0.3) is 11.6 Å². The lowest BCUT2D eigenvalue weighted by Gasteiger charge is -2.15. The number of rotatable bonds is 6. The van der Waals surface area contributed by atoms with Crippen LogP contribution in [0.1, 0.15) is 36.7 Å². The molecule has 3 N–H and O–H groups in total. The largest absolute Gasteiger partial charge is 0.354 e. The number of nitrogens with zero attached hydrogens (tertiary/aromatic N) is 2. The number of non-ortho nitro benzene ring substituents is 1. The minimum Gasteiger partial charge on any atom is -0.354 e. The van der Waals surface area contributed by atoms with Gasteiger partial charge in [-0.3, -0.25) is 14.9 Å². The molecule has 2 heterocycles. The Bertz CT molecular complexity index is 1450. The Labute approximate surface area is 201 Å². The Balaban J connectivity index is 1.56. The second-order valence-electron chi connectivity index (χ2n) is 8.59. The number of carbonyl (C=O) groups excluding carboxylic acids is 1. The van der Waals surface area contributed by atoms with Crippen LogP contribution in [0.4, 0.5) is 17.1 Å². The summed E-state index contributed by atoms with van der Waals surface area (Å²) in [6, 6.07) is 21.6. The summed E-state index contributed by atoms with van der Waals surface area (Å²) in [6.07, 6.45) is 1.89. The van der Waals surface area contributed by atoms with Gasteiger partial charge >= 0.3 is 0 Å². The third kappa shape index (κ3) is 4.29. The van der Waals surface area contributed by atoms with Crippen molar-refractivity contribution in [2.75, 3.05) is 10.6 Å². The SMILES string of the molecule is CC(C)c1nc(-c2ccc(NC(=C3C(=O)Nc4ccc([N+](=O)[O-])cc43)c3ccccc3)cc2)c[nH]1. The zero-order valence-electron chi connectivity index (χ0n) is 19.2. The van der Waals surface area contributed by atoms with Crippen molar-refractivity contribution < 1.29 is 9.72 Å². The number of nitro groups is 1. The summed E-state index contributed by atoms with van der Waals surface area (Å²) in [7, 11) is 0. The molecule has 0 spiro atoms. The van der Waals surface area contributed by atoms with Crippen LogP contribution in [0.25, 0.3) is 22.5 Å². The lowest BCUT2D eigenvalue weighted by Crippen LogP contribution is -2.10. The van der Waals surface area contributed by atoms with Crippen LogP contribution >= 0.6 is 0 Å². The monoisotopic (exact) mass is 465 g/mol. The van der Waals surface area contributed by atoms with E-state index in [0.29, 0.717) is 28.4 Å². The number of carbonyl (C=O) groups is 1. The van der Waals surface area contributed by atoms with Crippen LogP contribution in [0, 0.1) is 10.1 Å². The van der Waals surface area contributed by atoms with Gasteiger partial charge in [0.05, 0.1) is 21.9 Å². The Kier molecular flexibility index (Phi) is 5.62. The van der Waals surface area contributed by atoms with Gasteiger partial charge in [-0.1, -0.05) is 56.3 Å². The highest BCUT2D eigenvalue weighted by Crippen LogP contribution is 2.39. The van der Waals surface area contributed by atoms with Gasteiger partial charge in [0.1, 0.15) is 5.82 Å². The first kappa shape index (κ1) is 22.1. The highest BCUT2D eigenvalue weighted by molar-refractivity contribution is 6.37. The summed E-state index contributed by atoms with van der Waals surface area (Å²) >= 11 is 0. The molecule has 0 saturated carbocycles. The van der Waals surface area contributed by atoms with E-state index in [1.54, 1.807) is 6.07 Å². The summed E-state index contributed by atoms with van der Waals surface area (Å²) in [6.45, 7) is 4.17. The fraction of sp³-hybridized carbons (Fsp3) is 0.111. The van der Waals surface area contributed by atoms with Gasteiger partial charge in [-0.05, 0) is 23.8 Å². The number of aromatic amines is 1. The van der Waals surface area contributed by atoms with E-state index in [4.69, 9.17) is 0 Å². The lowest BCUT2D eigenvalue weighted by molar-refractivity contribution is -0.384. The zero-order valence-corrected chi connectivity index (χ0v) is 19.2. The molecule has 0 aliphatic carbocycles. The predicted molar refractivity (Wildman–Crippen MR) is 137 cm³/mol. The summed E-state index contributed by atoms with van der Waals surface area (Å²) < 4.78 is 0. The molecule has 5 rings (SSSR count). The molecule has 8 nitrogen and oxygen atoms in total. The molecule has 0 saturated heterocycles. The fourth-order valence-electron chi connectivity index (χ4n) is 4.05. The van der Waals surface area contributed by atoms with Crippen molar-refractivity contribution >= 4 is 34.2 Å². The predicted octanol–water partition coefficient (Wildman–Crippen LogP) is 6.04. The van der Waals surface area contributed by atoms with Crippen molar-refractivity contribution in [1.29, 1.82) is 0 Å². The molecule has 4 aromatic rings. The summed E-state index contributed by atoms with van der Waals surface area (Å²) in [4.78, 5) is 31.8. The second kappa shape index (κ2) is 8.90. The first-order valence-electron chi connectivity index (χ1n) is 11.2. The number of fused-ring (bicyclic) bond motifs is 1. The van der Waals surface area contributed by atoms with Crippen LogP contribution in [-0.4, -0.2) is 20.8 Å². The van der Waals surface area contributed by atoms with E-state index >= 15 is 0 Å². The van der Waals surface area contributed by atoms with Crippen molar-refractivity contribution in [2.45, 2.75) is 19.8 Å². The van der Waals surface area contributed by atoms with Crippen LogP contribution in [-0.2, 0) is 4.79 Å². The van der Waals surface area contributed by atoms with Crippen molar-refractivity contribution in [2.24, 2.45) is 0 Å². The average Bonchev–Trinajstić information content (AvgIpc) is 3.48. The zero-order chi connectivity index (χ0) is 24.5. The molecule has 1 aromatic heterocycles. The second-order valence-corrected chi connectivity index (χ2v) is 8.59. The molecule has 174 valence electrons. The molecule has 0 fully saturated rings. The molecule has 35 heavy (non-hydrogen) atoms. The molecule has 0 radical (unpaired) electrons. The maximum atomic E-state index is 13.0. The highest BCUT2D eigenvalue weighted by Gasteiger charge is 2.30. The Morgan fingerprint density at radius 2 is 1.77 bits per heavy atom. The number of benzene rings is 3. The molecule has 8 heteroatoms. The average molecular weight is 466 g/mol. The molecule has 1 amide bonds. The maximum Gasteiger partial charge on any atom is 0.270 e. The molecule has 3 aromatic carbocycles. The molecule has 0 unspecified atom stereocenters. The van der Waals surface area contributed by atoms with Crippen LogP contribution in [0.5, 0.6) is 0 Å². The van der Waals surface area contributed by atoms with Crippen molar-refractivity contribution in [3.63, 3.8) is 0 Å². The lowest BCUT2D eigenvalue weighted by atomic mass is 9.99. The van der Waals surface area contributed by atoms with Gasteiger partial charge in [-0.2, -0.15) is 0 Å². The number of hydrogen-bond donors (Lipinski definition) is 3. The quantitative estimate of drug-likeness (QED) is 0.182. The van der Waals surface area contributed by atoms with Gasteiger partial charge in [0.2, 0.25) is 0 Å². The molecule has 1 aliphatic rings. The van der Waals surface area contributed by atoms with Crippen LogP contribution in [0.3, 0.4) is 0 Å². The molecule has 0 atom stereocenters. The van der Waals surface area contributed by atoms with Gasteiger partial charge in [-0.15, -0.1) is 0 Å². The van der Waals surface area contributed by atoms with E-state index in [9.17, 15) is 14.9 Å². The summed E-state index contributed by atoms with van der Waals surface area (Å²) in [5, 5.41) is 17.6. The number of imidazole rings is 1. The topological polar surface area (TPSA) is 113 Å². The number of nitrogens with one attached hydrogen (secondary N) is 3. The minimum absolute atomic E-state index is 0.0747. The number of aromatic nitrogens is 2. The minimum atomic E-state index is -0.464. The van der Waals surface area contributed by atoms with Gasteiger partial charge in [0.15, 0.2) is 0 Å². The number of anilines is 2. The molecular formula is C27H23N5O3. The standard InChI is InChI=1S/C27H23N5O3/c1-16(2)26-28-15-23(30-26)17-8-10-19(11-9-17)29-25(18-6-4-3-5-7-18)24-21-14-20(32(34)35)12-13-22(21)31-27(24)33/h3-16,29H,1-2H3,(H,28,30)(H,31,33). The maximum absolute atomic E-state index is 13.0. The third-order valence-corrected chi connectivity index (χ3v) is 5.87. The van der Waals surface area contributed by atoms with Crippen molar-refractivity contribution in [3.8, 4) is 11.3 Å². The van der Waals surface area contributed by atoms with Crippen molar-refractivity contribution in [1.82, 2.24) is 9.97 Å². The Morgan fingerprint density at radius 1 is 1.03 bits per heavy atom. The molecular weight excluding hydrogens is 442 g/mol. The van der Waals surface area contributed by atoms with Crippen LogP contribution in [0.15, 0.2) is 79.0 Å². The first-order valence-corrected chi connectivity index (χ1v) is 11.2. The van der Waals surface area contributed by atoms with E-state index in [1.807, 2.05) is 60.8 Å². The number of nitro benzene ring substituents is 1. The smallest absolute Gasteiger partial charge is 0.270 e. The molecule has 1 aliphatic heterocycles. The number of amides is 1. The van der Waals surface area contributed by atoms with Gasteiger partial charge in [0, 0.05) is 46.7 Å². The summed E-state index contributed by atoms with van der Waals surface area (Å²) in [5.41, 5.74) is 5.26. The third-order valence-electron chi connectivity index (χ3n) is 5.87. The normalized spacial score (nSPS) is 14.0. The van der Waals surface area contributed by atoms with Crippen LogP contribution < -0.4 is 10.6 Å². The van der Waals surface area contributed by atoms with Gasteiger partial charge in [-0.25, -0.2) is 4.98 Å². The first-order chi connectivity index (χ1) is 16.9. The van der Waals surface area contributed by atoms with E-state index < -0.39 is 4.92 Å². The van der Waals surface area contributed by atoms with Crippen molar-refractivity contribution in [3.05, 3.63) is 106 Å². The van der Waals surface area contributed by atoms with Crippen LogP contribution in [0.2, 0.25) is 0 Å². The fourth-order valence-corrected chi connectivity index (χ4v) is 4.05. The van der Waals surface area contributed by atoms with E-state index in [1.165, 1.54) is 12.1 Å². The van der Waals surface area contributed by atoms with Gasteiger partial charge < -0.3 is 15.6 Å². The summed E-state index contributed by atoms with van der Waals surface area (Å²) in [5.74, 6) is 0.917. The highest BCUT2D eigenvalue weighted by atomic mass is 16.6. The van der Waals surface area contributed by atoms with E-state index in [2.05, 4.69) is 34.4 Å². The number of hydrogen-bond acceptors (Lipinski definition) is 5. The Morgan fingerprint density at radius 3 is 2.43 bits per heavy atom. The van der Waals surface area contributed by atoms with E-state index in [0.717, 1.165) is 28.3 Å². The van der Waals surface area contributed by atoms with E-state index in [-0.39, 0.29) is 11.6 Å².